The van der Waals surface area contributed by atoms with Crippen molar-refractivity contribution in [3.63, 3.8) is 0 Å². The standard InChI is InChI=1S/C36H40N4O6/c1-25-32(35(41)45-3)34(29-15-10-16-30(23-29)40(43)44)33(26(2)37-25)36(42)46-22-21-38-17-19-39(20-18-38)24-31(27-11-6-4-7-12-27)28-13-8-5-9-14-28/h4-16,23,31,34,37H,17-22,24H2,1-3H3. The number of nitrogens with one attached hydrogen (secondary N) is 1. The SMILES string of the molecule is COC(=O)C1=C(C)NC(C)=C(C(=O)OCCN2CCN(CC(c3ccccc3)c3ccccc3)CC2)C1c1cccc([N+](=O)[O-])c1. The summed E-state index contributed by atoms with van der Waals surface area (Å²) < 4.78 is 10.8. The molecule has 0 amide bonds. The molecule has 0 aromatic heterocycles. The van der Waals surface area contributed by atoms with Gasteiger partial charge >= 0.3 is 11.9 Å². The zero-order valence-corrected chi connectivity index (χ0v) is 26.5. The van der Waals surface area contributed by atoms with Crippen LogP contribution >= 0.6 is 0 Å². The Kier molecular flexibility index (Phi) is 10.6. The van der Waals surface area contributed by atoms with E-state index in [1.165, 1.54) is 30.4 Å². The van der Waals surface area contributed by atoms with E-state index >= 15 is 0 Å². The van der Waals surface area contributed by atoms with E-state index in [1.54, 1.807) is 26.0 Å². The minimum atomic E-state index is -0.883. The van der Waals surface area contributed by atoms with Crippen LogP contribution in [-0.2, 0) is 19.1 Å². The van der Waals surface area contributed by atoms with Crippen molar-refractivity contribution >= 4 is 17.6 Å². The highest BCUT2D eigenvalue weighted by atomic mass is 16.6. The first-order chi connectivity index (χ1) is 22.3. The van der Waals surface area contributed by atoms with Crippen LogP contribution in [0.2, 0.25) is 0 Å². The number of hydrogen-bond acceptors (Lipinski definition) is 9. The van der Waals surface area contributed by atoms with Gasteiger partial charge in [0, 0.05) is 68.7 Å². The number of benzene rings is 3. The van der Waals surface area contributed by atoms with Crippen molar-refractivity contribution < 1.29 is 24.0 Å². The summed E-state index contributed by atoms with van der Waals surface area (Å²) in [7, 11) is 1.26. The van der Waals surface area contributed by atoms with E-state index in [9.17, 15) is 19.7 Å². The fourth-order valence-electron chi connectivity index (χ4n) is 6.37. The molecule has 2 aliphatic rings. The lowest BCUT2D eigenvalue weighted by Gasteiger charge is -2.36. The molecule has 0 saturated carbocycles. The van der Waals surface area contributed by atoms with Gasteiger partial charge in [-0.2, -0.15) is 0 Å². The minimum absolute atomic E-state index is 0.138. The lowest BCUT2D eigenvalue weighted by molar-refractivity contribution is -0.384. The molecule has 3 aromatic rings. The van der Waals surface area contributed by atoms with Crippen molar-refractivity contribution in [2.75, 3.05) is 53.0 Å². The number of piperazine rings is 1. The molecule has 1 N–H and O–H groups in total. The van der Waals surface area contributed by atoms with Crippen molar-refractivity contribution in [2.24, 2.45) is 0 Å². The van der Waals surface area contributed by atoms with Gasteiger partial charge in [-0.05, 0) is 30.5 Å². The first-order valence-electron chi connectivity index (χ1n) is 15.5. The van der Waals surface area contributed by atoms with Crippen LogP contribution in [0.25, 0.3) is 0 Å². The van der Waals surface area contributed by atoms with Gasteiger partial charge in [-0.25, -0.2) is 9.59 Å². The summed E-state index contributed by atoms with van der Waals surface area (Å²) in [6, 6.07) is 27.2. The van der Waals surface area contributed by atoms with E-state index in [0.29, 0.717) is 23.5 Å². The predicted octanol–water partition coefficient (Wildman–Crippen LogP) is 5.00. The van der Waals surface area contributed by atoms with Crippen LogP contribution in [0.5, 0.6) is 0 Å². The number of nitro benzene ring substituents is 1. The van der Waals surface area contributed by atoms with E-state index < -0.39 is 22.8 Å². The molecule has 46 heavy (non-hydrogen) atoms. The molecule has 0 spiro atoms. The Labute approximate surface area is 269 Å². The molecule has 0 aliphatic carbocycles. The second-order valence-corrected chi connectivity index (χ2v) is 11.6. The Morgan fingerprint density at radius 1 is 0.848 bits per heavy atom. The Bertz CT molecular complexity index is 1570. The molecular weight excluding hydrogens is 584 g/mol. The highest BCUT2D eigenvalue weighted by molar-refractivity contribution is 5.99. The van der Waals surface area contributed by atoms with E-state index in [2.05, 4.69) is 63.6 Å². The normalized spacial score (nSPS) is 17.5. The molecular formula is C36H40N4O6. The molecule has 3 aromatic carbocycles. The van der Waals surface area contributed by atoms with Crippen LogP contribution in [0.3, 0.4) is 0 Å². The third-order valence-corrected chi connectivity index (χ3v) is 8.75. The van der Waals surface area contributed by atoms with Gasteiger partial charge in [0.25, 0.3) is 5.69 Å². The molecule has 10 heteroatoms. The van der Waals surface area contributed by atoms with Crippen molar-refractivity contribution in [3.05, 3.63) is 134 Å². The lowest BCUT2D eigenvalue weighted by atomic mass is 9.80. The molecule has 1 atom stereocenters. The maximum absolute atomic E-state index is 13.6. The van der Waals surface area contributed by atoms with Gasteiger partial charge in [-0.1, -0.05) is 72.8 Å². The molecule has 10 nitrogen and oxygen atoms in total. The molecule has 1 saturated heterocycles. The lowest BCUT2D eigenvalue weighted by Crippen LogP contribution is -2.48. The quantitative estimate of drug-likeness (QED) is 0.179. The number of dihydropyridines is 1. The summed E-state index contributed by atoms with van der Waals surface area (Å²) in [4.78, 5) is 42.3. The number of esters is 2. The van der Waals surface area contributed by atoms with Gasteiger partial charge in [0.2, 0.25) is 0 Å². The highest BCUT2D eigenvalue weighted by Gasteiger charge is 2.38. The van der Waals surface area contributed by atoms with E-state index in [1.807, 2.05) is 12.1 Å². The number of hydrogen-bond donors (Lipinski definition) is 1. The van der Waals surface area contributed by atoms with E-state index in [0.717, 1.165) is 32.7 Å². The average molecular weight is 625 g/mol. The molecule has 1 unspecified atom stereocenters. The van der Waals surface area contributed by atoms with Crippen LogP contribution in [0, 0.1) is 10.1 Å². The van der Waals surface area contributed by atoms with Gasteiger partial charge in [0.15, 0.2) is 0 Å². The Morgan fingerprint density at radius 2 is 1.41 bits per heavy atom. The third-order valence-electron chi connectivity index (χ3n) is 8.75. The average Bonchev–Trinajstić information content (AvgIpc) is 3.08. The minimum Gasteiger partial charge on any atom is -0.466 e. The van der Waals surface area contributed by atoms with E-state index in [-0.39, 0.29) is 29.4 Å². The van der Waals surface area contributed by atoms with Gasteiger partial charge in [-0.3, -0.25) is 19.9 Å². The maximum Gasteiger partial charge on any atom is 0.336 e. The number of rotatable bonds is 11. The van der Waals surface area contributed by atoms with Gasteiger partial charge in [0.1, 0.15) is 6.61 Å². The van der Waals surface area contributed by atoms with E-state index in [4.69, 9.17) is 9.47 Å². The Hall–Kier alpha value is -4.80. The molecule has 2 heterocycles. The first-order valence-corrected chi connectivity index (χ1v) is 15.5. The largest absolute Gasteiger partial charge is 0.466 e. The predicted molar refractivity (Wildman–Crippen MR) is 175 cm³/mol. The number of nitrogens with zero attached hydrogens (tertiary/aromatic N) is 3. The molecule has 0 radical (unpaired) electrons. The number of allylic oxidation sites excluding steroid dienone is 2. The first kappa shape index (κ1) is 32.6. The van der Waals surface area contributed by atoms with Crippen LogP contribution < -0.4 is 5.32 Å². The summed E-state index contributed by atoms with van der Waals surface area (Å²) in [6.07, 6.45) is 0. The summed E-state index contributed by atoms with van der Waals surface area (Å²) in [6.45, 7) is 8.61. The second-order valence-electron chi connectivity index (χ2n) is 11.6. The molecule has 240 valence electrons. The fourth-order valence-corrected chi connectivity index (χ4v) is 6.37. The third kappa shape index (κ3) is 7.52. The van der Waals surface area contributed by atoms with Gasteiger partial charge in [0.05, 0.1) is 29.1 Å². The number of non-ortho nitro benzene ring substituents is 1. The topological polar surface area (TPSA) is 114 Å². The van der Waals surface area contributed by atoms with Crippen molar-refractivity contribution in [2.45, 2.75) is 25.7 Å². The summed E-state index contributed by atoms with van der Waals surface area (Å²) in [5, 5.41) is 14.6. The van der Waals surface area contributed by atoms with Gasteiger partial charge < -0.3 is 14.8 Å². The molecule has 1 fully saturated rings. The summed E-state index contributed by atoms with van der Waals surface area (Å²) in [5.74, 6) is -1.81. The zero-order chi connectivity index (χ0) is 32.6. The van der Waals surface area contributed by atoms with Crippen LogP contribution in [0.1, 0.15) is 42.4 Å². The molecule has 0 bridgehead atoms. The number of methoxy groups -OCH3 is 1. The Balaban J connectivity index is 1.22. The highest BCUT2D eigenvalue weighted by Crippen LogP contribution is 2.40. The Morgan fingerprint density at radius 3 is 1.98 bits per heavy atom. The maximum atomic E-state index is 13.6. The van der Waals surface area contributed by atoms with Crippen molar-refractivity contribution in [1.29, 1.82) is 0 Å². The van der Waals surface area contributed by atoms with Crippen LogP contribution in [0.4, 0.5) is 5.69 Å². The monoisotopic (exact) mass is 624 g/mol. The molecule has 5 rings (SSSR count). The smallest absolute Gasteiger partial charge is 0.336 e. The summed E-state index contributed by atoms with van der Waals surface area (Å²) in [5.41, 5.74) is 4.36. The van der Waals surface area contributed by atoms with Crippen LogP contribution in [-0.4, -0.2) is 79.6 Å². The number of ether oxygens (including phenoxy) is 2. The number of carbonyl (C=O) groups excluding carboxylic acids is 2. The van der Waals surface area contributed by atoms with Crippen molar-refractivity contribution in [3.8, 4) is 0 Å². The second kappa shape index (κ2) is 15.0. The fraction of sp³-hybridized carbons (Fsp3) is 0.333. The summed E-state index contributed by atoms with van der Waals surface area (Å²) >= 11 is 0. The number of nitro groups is 1. The molecule has 2 aliphatic heterocycles. The van der Waals surface area contributed by atoms with Crippen molar-refractivity contribution in [1.82, 2.24) is 15.1 Å². The van der Waals surface area contributed by atoms with Crippen LogP contribution in [0.15, 0.2) is 107 Å². The van der Waals surface area contributed by atoms with Gasteiger partial charge in [-0.15, -0.1) is 0 Å². The number of carbonyl (C=O) groups is 2. The zero-order valence-electron chi connectivity index (χ0n) is 26.5.